The van der Waals surface area contributed by atoms with Crippen LogP contribution in [0.15, 0.2) is 17.3 Å². The molecule has 0 saturated carbocycles. The molecule has 1 atom stereocenters. The number of ether oxygens (including phenoxy) is 1. The Hall–Kier alpha value is -0.645. The lowest BCUT2D eigenvalue weighted by molar-refractivity contribution is 0.0386. The lowest BCUT2D eigenvalue weighted by Crippen LogP contribution is -2.48. The average Bonchev–Trinajstić information content (AvgIpc) is 2.06. The van der Waals surface area contributed by atoms with Crippen molar-refractivity contribution in [2.75, 3.05) is 6.61 Å². The molecule has 1 aliphatic rings. The fourth-order valence-electron chi connectivity index (χ4n) is 1.14. The van der Waals surface area contributed by atoms with Gasteiger partial charge in [-0.2, -0.15) is 0 Å². The predicted octanol–water partition coefficient (Wildman–Crippen LogP) is -0.238. The molecule has 5 heteroatoms. The van der Waals surface area contributed by atoms with Crippen molar-refractivity contribution in [3.05, 3.63) is 12.3 Å². The van der Waals surface area contributed by atoms with E-state index < -0.39 is 12.6 Å². The van der Waals surface area contributed by atoms with E-state index in [0.29, 0.717) is 13.0 Å². The molecule has 4 nitrogen and oxygen atoms in total. The molecule has 12 heavy (non-hydrogen) atoms. The van der Waals surface area contributed by atoms with Gasteiger partial charge in [0.05, 0.1) is 0 Å². The van der Waals surface area contributed by atoms with E-state index in [1.54, 1.807) is 12.3 Å². The molecule has 0 aliphatic carbocycles. The van der Waals surface area contributed by atoms with Crippen molar-refractivity contribution in [2.45, 2.75) is 18.8 Å². The minimum atomic E-state index is -1.50. The highest BCUT2D eigenvalue weighted by molar-refractivity contribution is 6.46. The zero-order valence-electron chi connectivity index (χ0n) is 6.97. The molecular weight excluding hydrogens is 157 g/mol. The van der Waals surface area contributed by atoms with Crippen LogP contribution in [0, 0.1) is 0 Å². The first-order valence-electron chi connectivity index (χ1n) is 3.91. The smallest absolute Gasteiger partial charge is 0.425 e. The van der Waals surface area contributed by atoms with Crippen LogP contribution in [0.5, 0.6) is 0 Å². The van der Waals surface area contributed by atoms with E-state index >= 15 is 0 Å². The van der Waals surface area contributed by atoms with Gasteiger partial charge in [0, 0.05) is 25.4 Å². The highest BCUT2D eigenvalue weighted by atomic mass is 16.5. The van der Waals surface area contributed by atoms with Crippen molar-refractivity contribution in [2.24, 2.45) is 4.99 Å². The molecule has 66 valence electrons. The van der Waals surface area contributed by atoms with Crippen molar-refractivity contribution in [1.29, 1.82) is 0 Å². The largest absolute Gasteiger partial charge is 0.490 e. The van der Waals surface area contributed by atoms with Gasteiger partial charge in [0.15, 0.2) is 0 Å². The molecule has 1 unspecified atom stereocenters. The van der Waals surface area contributed by atoms with Crippen molar-refractivity contribution in [3.8, 4) is 0 Å². The first kappa shape index (κ1) is 9.44. The van der Waals surface area contributed by atoms with Gasteiger partial charge >= 0.3 is 7.12 Å². The van der Waals surface area contributed by atoms with Crippen LogP contribution in [-0.2, 0) is 4.74 Å². The van der Waals surface area contributed by atoms with E-state index in [1.165, 1.54) is 6.20 Å². The summed E-state index contributed by atoms with van der Waals surface area (Å²) in [5, 5.41) is 18.2. The molecule has 0 aromatic carbocycles. The van der Waals surface area contributed by atoms with E-state index in [9.17, 15) is 0 Å². The fourth-order valence-corrected chi connectivity index (χ4v) is 1.14. The number of nitrogens with zero attached hydrogens (tertiary/aromatic N) is 1. The summed E-state index contributed by atoms with van der Waals surface area (Å²) in [6.45, 7) is 2.25. The van der Waals surface area contributed by atoms with Crippen molar-refractivity contribution in [1.82, 2.24) is 0 Å². The Bertz CT molecular complexity index is 205. The highest BCUT2D eigenvalue weighted by Gasteiger charge is 2.41. The van der Waals surface area contributed by atoms with Crippen LogP contribution >= 0.6 is 0 Å². The Kier molecular flexibility index (Phi) is 3.02. The standard InChI is InChI=1S/C7H12BNO3/c1-2-12-7(8(10)11)3-5-9-6-4-7/h3,5-6,10-11H,2,4H2,1H3. The topological polar surface area (TPSA) is 62.0 Å². The Morgan fingerprint density at radius 3 is 2.83 bits per heavy atom. The van der Waals surface area contributed by atoms with Crippen LogP contribution in [0.25, 0.3) is 0 Å². The van der Waals surface area contributed by atoms with Gasteiger partial charge in [-0.3, -0.25) is 4.99 Å². The second kappa shape index (κ2) is 3.84. The monoisotopic (exact) mass is 169 g/mol. The number of hydrogen-bond donors (Lipinski definition) is 2. The first-order chi connectivity index (χ1) is 5.71. The van der Waals surface area contributed by atoms with Crippen LogP contribution in [0.2, 0.25) is 0 Å². The summed E-state index contributed by atoms with van der Waals surface area (Å²) in [7, 11) is -1.50. The maximum atomic E-state index is 9.08. The number of rotatable bonds is 3. The molecule has 0 spiro atoms. The van der Waals surface area contributed by atoms with Crippen LogP contribution in [0.3, 0.4) is 0 Å². The average molecular weight is 169 g/mol. The molecule has 0 bridgehead atoms. The second-order valence-electron chi connectivity index (χ2n) is 2.61. The van der Waals surface area contributed by atoms with Crippen LogP contribution in [-0.4, -0.2) is 35.5 Å². The molecule has 1 rings (SSSR count). The maximum absolute atomic E-state index is 9.08. The molecular formula is C7H12BNO3. The van der Waals surface area contributed by atoms with Gasteiger partial charge in [-0.25, -0.2) is 0 Å². The summed E-state index contributed by atoms with van der Waals surface area (Å²) in [6, 6.07) is 0. The molecule has 2 N–H and O–H groups in total. The van der Waals surface area contributed by atoms with Gasteiger partial charge in [-0.1, -0.05) is 0 Å². The number of hydrogen-bond acceptors (Lipinski definition) is 4. The summed E-state index contributed by atoms with van der Waals surface area (Å²) in [5.74, 6) is 0. The summed E-state index contributed by atoms with van der Waals surface area (Å²) in [6.07, 6.45) is 5.09. The Balaban J connectivity index is 2.73. The van der Waals surface area contributed by atoms with Crippen LogP contribution in [0.4, 0.5) is 0 Å². The van der Waals surface area contributed by atoms with Crippen molar-refractivity contribution >= 4 is 13.3 Å². The van der Waals surface area contributed by atoms with Crippen molar-refractivity contribution in [3.63, 3.8) is 0 Å². The van der Waals surface area contributed by atoms with E-state index in [1.807, 2.05) is 6.92 Å². The van der Waals surface area contributed by atoms with Crippen LogP contribution < -0.4 is 0 Å². The summed E-state index contributed by atoms with van der Waals surface area (Å²) in [5.41, 5.74) is -0.990. The van der Waals surface area contributed by atoms with Crippen LogP contribution in [0.1, 0.15) is 13.3 Å². The SMILES string of the molecule is CCOC1(B(O)O)C=CN=CC1. The van der Waals surface area contributed by atoms with Gasteiger partial charge < -0.3 is 14.8 Å². The van der Waals surface area contributed by atoms with E-state index in [4.69, 9.17) is 14.8 Å². The molecule has 1 aliphatic heterocycles. The van der Waals surface area contributed by atoms with Gasteiger partial charge in [0.2, 0.25) is 0 Å². The highest BCUT2D eigenvalue weighted by Crippen LogP contribution is 2.21. The summed E-state index contributed by atoms with van der Waals surface area (Å²) < 4.78 is 5.25. The lowest BCUT2D eigenvalue weighted by Gasteiger charge is -2.29. The quantitative estimate of drug-likeness (QED) is 0.573. The molecule has 0 radical (unpaired) electrons. The van der Waals surface area contributed by atoms with Crippen molar-refractivity contribution < 1.29 is 14.8 Å². The molecule has 1 heterocycles. The number of aliphatic imine (C=N–C) groups is 1. The minimum absolute atomic E-state index is 0.398. The molecule has 0 aromatic heterocycles. The molecule has 0 fully saturated rings. The normalized spacial score (nSPS) is 27.6. The zero-order chi connectivity index (χ0) is 9.03. The third kappa shape index (κ3) is 1.74. The van der Waals surface area contributed by atoms with Gasteiger partial charge in [-0.15, -0.1) is 0 Å². The zero-order valence-corrected chi connectivity index (χ0v) is 6.97. The maximum Gasteiger partial charge on any atom is 0.490 e. The van der Waals surface area contributed by atoms with E-state index in [2.05, 4.69) is 4.99 Å². The Morgan fingerprint density at radius 1 is 1.67 bits per heavy atom. The second-order valence-corrected chi connectivity index (χ2v) is 2.61. The van der Waals surface area contributed by atoms with Gasteiger partial charge in [-0.05, 0) is 13.0 Å². The molecule has 0 aromatic rings. The fraction of sp³-hybridized carbons (Fsp3) is 0.571. The van der Waals surface area contributed by atoms with Gasteiger partial charge in [0.1, 0.15) is 5.50 Å². The molecule has 0 amide bonds. The Labute approximate surface area is 71.7 Å². The summed E-state index contributed by atoms with van der Waals surface area (Å²) in [4.78, 5) is 3.83. The Morgan fingerprint density at radius 2 is 2.42 bits per heavy atom. The minimum Gasteiger partial charge on any atom is -0.425 e. The lowest BCUT2D eigenvalue weighted by atomic mass is 9.65. The summed E-state index contributed by atoms with van der Waals surface area (Å²) >= 11 is 0. The van der Waals surface area contributed by atoms with Gasteiger partial charge in [0.25, 0.3) is 0 Å². The third-order valence-corrected chi connectivity index (χ3v) is 1.81. The first-order valence-corrected chi connectivity index (χ1v) is 3.91. The third-order valence-electron chi connectivity index (χ3n) is 1.81. The predicted molar refractivity (Wildman–Crippen MR) is 46.8 cm³/mol. The van der Waals surface area contributed by atoms with E-state index in [-0.39, 0.29) is 0 Å². The van der Waals surface area contributed by atoms with E-state index in [0.717, 1.165) is 0 Å². The molecule has 0 saturated heterocycles.